The predicted molar refractivity (Wildman–Crippen MR) is 72.2 cm³/mol. The number of nitrogens with two attached hydrogens (primary N) is 1. The van der Waals surface area contributed by atoms with E-state index in [9.17, 15) is 4.79 Å². The lowest BCUT2D eigenvalue weighted by Gasteiger charge is -2.15. The molecule has 4 N–H and O–H groups in total. The predicted octanol–water partition coefficient (Wildman–Crippen LogP) is 1.15. The van der Waals surface area contributed by atoms with E-state index < -0.39 is 5.97 Å². The molecule has 6 heteroatoms. The summed E-state index contributed by atoms with van der Waals surface area (Å²) in [5, 5.41) is 16.3. The van der Waals surface area contributed by atoms with Gasteiger partial charge in [-0.25, -0.2) is 4.79 Å². The maximum Gasteiger partial charge on any atom is 0.338 e. The van der Waals surface area contributed by atoms with Crippen LogP contribution < -0.4 is 5.73 Å². The molecule has 0 saturated carbocycles. The molecular formula is C13H19N3O3. The molecule has 0 atom stereocenters. The third kappa shape index (κ3) is 5.29. The van der Waals surface area contributed by atoms with Crippen molar-refractivity contribution in [2.24, 2.45) is 5.73 Å². The number of rotatable bonds is 6. The van der Waals surface area contributed by atoms with Crippen LogP contribution in [0.15, 0.2) is 24.3 Å². The lowest BCUT2D eigenvalue weighted by atomic mass is 10.2. The Labute approximate surface area is 112 Å². The second-order valence-corrected chi connectivity index (χ2v) is 4.20. The van der Waals surface area contributed by atoms with Gasteiger partial charge in [0.15, 0.2) is 5.96 Å². The van der Waals surface area contributed by atoms with Gasteiger partial charge in [-0.2, -0.15) is 0 Å². The first-order valence-electron chi connectivity index (χ1n) is 6.02. The van der Waals surface area contributed by atoms with Crippen molar-refractivity contribution in [2.45, 2.75) is 12.8 Å². The Kier molecular flexibility index (Phi) is 5.66. The third-order valence-corrected chi connectivity index (χ3v) is 2.64. The number of benzene rings is 1. The van der Waals surface area contributed by atoms with Crippen LogP contribution in [0.2, 0.25) is 0 Å². The lowest BCUT2D eigenvalue weighted by molar-refractivity contribution is 0.0497. The number of guanidine groups is 1. The fraction of sp³-hybridized carbons (Fsp3) is 0.385. The van der Waals surface area contributed by atoms with E-state index in [0.29, 0.717) is 25.1 Å². The van der Waals surface area contributed by atoms with Crippen LogP contribution in [0.4, 0.5) is 0 Å². The van der Waals surface area contributed by atoms with E-state index >= 15 is 0 Å². The van der Waals surface area contributed by atoms with Crippen LogP contribution in [0, 0.1) is 5.41 Å². The zero-order valence-corrected chi connectivity index (χ0v) is 10.9. The highest BCUT2D eigenvalue weighted by molar-refractivity contribution is 5.89. The van der Waals surface area contributed by atoms with Crippen molar-refractivity contribution in [2.75, 3.05) is 20.2 Å². The molecule has 0 bridgehead atoms. The molecule has 0 aliphatic rings. The fourth-order valence-corrected chi connectivity index (χ4v) is 1.42. The number of carbonyl (C=O) groups excluding carboxylic acids is 1. The van der Waals surface area contributed by atoms with Gasteiger partial charge in [0, 0.05) is 13.6 Å². The smallest absolute Gasteiger partial charge is 0.338 e. The standard InChI is InChI=1S/C13H19N3O3/c1-16(13(14)15)8-2-3-9-19-12(18)10-4-6-11(17)7-5-10/h4-7,17H,2-3,8-9H2,1H3,(H3,14,15). The normalized spacial score (nSPS) is 9.95. The van der Waals surface area contributed by atoms with Gasteiger partial charge in [0.05, 0.1) is 12.2 Å². The Bertz CT molecular complexity index is 431. The zero-order valence-electron chi connectivity index (χ0n) is 10.9. The van der Waals surface area contributed by atoms with Gasteiger partial charge in [0.2, 0.25) is 0 Å². The second kappa shape index (κ2) is 7.25. The molecule has 0 heterocycles. The maximum absolute atomic E-state index is 11.6. The van der Waals surface area contributed by atoms with Crippen molar-refractivity contribution < 1.29 is 14.6 Å². The van der Waals surface area contributed by atoms with Gasteiger partial charge in [0.25, 0.3) is 0 Å². The highest BCUT2D eigenvalue weighted by atomic mass is 16.5. The lowest BCUT2D eigenvalue weighted by Crippen LogP contribution is -2.33. The van der Waals surface area contributed by atoms with Crippen molar-refractivity contribution in [3.8, 4) is 5.75 Å². The molecule has 0 spiro atoms. The summed E-state index contributed by atoms with van der Waals surface area (Å²) in [5.41, 5.74) is 5.71. The Morgan fingerprint density at radius 3 is 2.58 bits per heavy atom. The number of ether oxygens (including phenoxy) is 1. The molecule has 1 aromatic rings. The zero-order chi connectivity index (χ0) is 14.3. The van der Waals surface area contributed by atoms with Gasteiger partial charge >= 0.3 is 5.97 Å². The highest BCUT2D eigenvalue weighted by Crippen LogP contribution is 2.10. The number of phenols is 1. The molecule has 0 unspecified atom stereocenters. The fourth-order valence-electron chi connectivity index (χ4n) is 1.42. The van der Waals surface area contributed by atoms with Crippen LogP contribution >= 0.6 is 0 Å². The molecule has 0 fully saturated rings. The quantitative estimate of drug-likeness (QED) is 0.310. The van der Waals surface area contributed by atoms with E-state index in [2.05, 4.69) is 0 Å². The van der Waals surface area contributed by atoms with E-state index in [1.807, 2.05) is 0 Å². The summed E-state index contributed by atoms with van der Waals surface area (Å²) in [4.78, 5) is 13.2. The highest BCUT2D eigenvalue weighted by Gasteiger charge is 2.06. The number of aromatic hydroxyl groups is 1. The topological polar surface area (TPSA) is 99.6 Å². The SMILES string of the molecule is CN(CCCCOC(=O)c1ccc(O)cc1)C(=N)N. The molecule has 1 aromatic carbocycles. The molecule has 0 aliphatic carbocycles. The monoisotopic (exact) mass is 265 g/mol. The van der Waals surface area contributed by atoms with Crippen molar-refractivity contribution in [1.82, 2.24) is 4.90 Å². The number of nitrogens with one attached hydrogen (secondary N) is 1. The van der Waals surface area contributed by atoms with E-state index in [4.69, 9.17) is 21.0 Å². The van der Waals surface area contributed by atoms with Crippen molar-refractivity contribution in [3.05, 3.63) is 29.8 Å². The first kappa shape index (κ1) is 14.8. The van der Waals surface area contributed by atoms with Crippen molar-refractivity contribution in [3.63, 3.8) is 0 Å². The number of hydrogen-bond acceptors (Lipinski definition) is 4. The molecular weight excluding hydrogens is 246 g/mol. The van der Waals surface area contributed by atoms with E-state index in [0.717, 1.165) is 6.42 Å². The Morgan fingerprint density at radius 1 is 1.37 bits per heavy atom. The number of carbonyl (C=O) groups is 1. The maximum atomic E-state index is 11.6. The molecule has 0 aliphatic heterocycles. The van der Waals surface area contributed by atoms with Gasteiger partial charge < -0.3 is 20.5 Å². The average molecular weight is 265 g/mol. The summed E-state index contributed by atoms with van der Waals surface area (Å²) in [6, 6.07) is 5.92. The Morgan fingerprint density at radius 2 is 2.00 bits per heavy atom. The molecule has 0 amide bonds. The number of esters is 1. The van der Waals surface area contributed by atoms with Crippen LogP contribution in [0.25, 0.3) is 0 Å². The summed E-state index contributed by atoms with van der Waals surface area (Å²) in [5.74, 6) is -0.259. The molecule has 1 rings (SSSR count). The molecule has 0 radical (unpaired) electrons. The first-order chi connectivity index (χ1) is 9.00. The van der Waals surface area contributed by atoms with E-state index in [1.165, 1.54) is 24.3 Å². The largest absolute Gasteiger partial charge is 0.508 e. The summed E-state index contributed by atoms with van der Waals surface area (Å²) < 4.78 is 5.09. The molecule has 0 aromatic heterocycles. The number of nitrogens with zero attached hydrogens (tertiary/aromatic N) is 1. The summed E-state index contributed by atoms with van der Waals surface area (Å²) in [6.45, 7) is 0.984. The van der Waals surface area contributed by atoms with Gasteiger partial charge in [-0.1, -0.05) is 0 Å². The van der Waals surface area contributed by atoms with Crippen LogP contribution in [0.5, 0.6) is 5.75 Å². The minimum atomic E-state index is -0.403. The van der Waals surface area contributed by atoms with Gasteiger partial charge in [-0.05, 0) is 37.1 Å². The number of hydrogen-bond donors (Lipinski definition) is 3. The molecule has 0 saturated heterocycles. The van der Waals surface area contributed by atoms with Crippen molar-refractivity contribution >= 4 is 11.9 Å². The molecule has 6 nitrogen and oxygen atoms in total. The van der Waals surface area contributed by atoms with Crippen LogP contribution in [-0.2, 0) is 4.74 Å². The second-order valence-electron chi connectivity index (χ2n) is 4.20. The summed E-state index contributed by atoms with van der Waals surface area (Å²) in [7, 11) is 1.74. The minimum absolute atomic E-state index is 0.0288. The van der Waals surface area contributed by atoms with Gasteiger partial charge in [0.1, 0.15) is 5.75 Å². The van der Waals surface area contributed by atoms with E-state index in [1.54, 1.807) is 11.9 Å². The van der Waals surface area contributed by atoms with E-state index in [-0.39, 0.29) is 11.7 Å². The van der Waals surface area contributed by atoms with Gasteiger partial charge in [-0.3, -0.25) is 5.41 Å². The number of phenolic OH excluding ortho intramolecular Hbond substituents is 1. The summed E-state index contributed by atoms with van der Waals surface area (Å²) in [6.07, 6.45) is 1.50. The third-order valence-electron chi connectivity index (χ3n) is 2.64. The molecule has 19 heavy (non-hydrogen) atoms. The van der Waals surface area contributed by atoms with Crippen LogP contribution in [-0.4, -0.2) is 42.1 Å². The Balaban J connectivity index is 2.21. The summed E-state index contributed by atoms with van der Waals surface area (Å²) >= 11 is 0. The number of unbranched alkanes of at least 4 members (excludes halogenated alkanes) is 1. The molecule has 104 valence electrons. The van der Waals surface area contributed by atoms with Crippen LogP contribution in [0.3, 0.4) is 0 Å². The Hall–Kier alpha value is -2.24. The first-order valence-corrected chi connectivity index (χ1v) is 6.02. The minimum Gasteiger partial charge on any atom is -0.508 e. The average Bonchev–Trinajstić information content (AvgIpc) is 2.38. The van der Waals surface area contributed by atoms with Crippen molar-refractivity contribution in [1.29, 1.82) is 5.41 Å². The van der Waals surface area contributed by atoms with Gasteiger partial charge in [-0.15, -0.1) is 0 Å². The van der Waals surface area contributed by atoms with Crippen LogP contribution in [0.1, 0.15) is 23.2 Å².